The molecule has 108 heavy (non-hydrogen) atoms. The van der Waals surface area contributed by atoms with Crippen LogP contribution >= 0.6 is 0 Å². The number of aliphatic hydroxyl groups is 8. The summed E-state index contributed by atoms with van der Waals surface area (Å²) in [4.78, 5) is 52.0. The van der Waals surface area contributed by atoms with E-state index in [0.717, 1.165) is 131 Å². The summed E-state index contributed by atoms with van der Waals surface area (Å²) < 4.78 is 21.8. The minimum atomic E-state index is -0.989. The molecule has 0 saturated heterocycles. The Kier molecular flexibility index (Phi) is 30.2. The molecule has 0 heterocycles. The number of rotatable bonds is 20. The minimum absolute atomic E-state index is 0.101. The topological polar surface area (TPSA) is 267 Å². The number of carbonyl (C=O) groups is 4. The van der Waals surface area contributed by atoms with Crippen LogP contribution in [-0.2, 0) is 38.1 Å². The number of carbonyl (C=O) groups excluding carboxylic acids is 4. The molecule has 12 aliphatic rings. The number of ether oxygens (including phenoxy) is 4. The fourth-order valence-electron chi connectivity index (χ4n) is 26.5. The minimum Gasteiger partial charge on any atom is -0.462 e. The van der Waals surface area contributed by atoms with Crippen molar-refractivity contribution in [2.24, 2.45) is 138 Å². The molecular formula is C92H154O16. The van der Waals surface area contributed by atoms with Crippen LogP contribution in [0.2, 0.25) is 0 Å². The molecule has 0 amide bonds. The van der Waals surface area contributed by atoms with E-state index in [1.807, 2.05) is 0 Å². The van der Waals surface area contributed by atoms with Gasteiger partial charge in [0.05, 0.1) is 48.1 Å². The molecule has 8 fully saturated rings. The molecule has 8 saturated carbocycles. The van der Waals surface area contributed by atoms with Crippen LogP contribution in [0.5, 0.6) is 0 Å². The van der Waals surface area contributed by atoms with Gasteiger partial charge in [-0.05, 0) is 311 Å². The molecular weight excluding hydrogens is 1360 g/mol. The summed E-state index contributed by atoms with van der Waals surface area (Å²) >= 11 is 0. The first-order chi connectivity index (χ1) is 50.9. The molecule has 0 aliphatic heterocycles. The van der Waals surface area contributed by atoms with Gasteiger partial charge in [0.2, 0.25) is 0 Å². The molecule has 0 aromatic carbocycles. The van der Waals surface area contributed by atoms with E-state index in [0.29, 0.717) is 47.3 Å². The average Bonchev–Trinajstić information content (AvgIpc) is 0.743. The standard InChI is InChI=1S/C23H40O4.3C23H38O4/c4*1-15(2)16-6-8-19-17(12-16)7-9-20-22(19,3)10-5-11-23(20,4)21(26)27-14-18(25)13-24/h15-20,24-25H,5-14H2,1-4H3;15-16,18,20,24-25H,5-14H2,1-4H3;12,15,17-20,24-25H,5-11,13-14H2,1-4H3;7,15-16,18-20,24-25H,5-6,8-14H2,1-4H3. The van der Waals surface area contributed by atoms with E-state index in [4.69, 9.17) is 39.4 Å². The molecule has 0 bridgehead atoms. The van der Waals surface area contributed by atoms with E-state index in [-0.39, 0.29) is 98.4 Å². The van der Waals surface area contributed by atoms with Gasteiger partial charge in [-0.25, -0.2) is 0 Å². The van der Waals surface area contributed by atoms with Crippen molar-refractivity contribution in [3.05, 3.63) is 34.4 Å². The van der Waals surface area contributed by atoms with Crippen LogP contribution in [-0.4, -0.2) is 142 Å². The number of hydrogen-bond donors (Lipinski definition) is 8. The second-order valence-corrected chi connectivity index (χ2v) is 40.7. The third-order valence-corrected chi connectivity index (χ3v) is 33.1. The fourth-order valence-corrected chi connectivity index (χ4v) is 26.5. The Morgan fingerprint density at radius 1 is 0.426 bits per heavy atom. The molecule has 0 aromatic heterocycles. The van der Waals surface area contributed by atoms with Crippen LogP contribution in [0.3, 0.4) is 0 Å². The summed E-state index contributed by atoms with van der Waals surface area (Å²) in [6, 6.07) is 0. The second-order valence-electron chi connectivity index (χ2n) is 40.7. The highest BCUT2D eigenvalue weighted by atomic mass is 16.6. The van der Waals surface area contributed by atoms with Crippen LogP contribution < -0.4 is 0 Å². The molecule has 8 N–H and O–H groups in total. The molecule has 0 spiro atoms. The average molecular weight is 1520 g/mol. The van der Waals surface area contributed by atoms with Crippen molar-refractivity contribution in [1.82, 2.24) is 0 Å². The molecule has 16 heteroatoms. The number of hydrogen-bond acceptors (Lipinski definition) is 16. The Morgan fingerprint density at radius 3 is 1.34 bits per heavy atom. The summed E-state index contributed by atoms with van der Waals surface area (Å²) in [5.74, 6) is 9.44. The summed E-state index contributed by atoms with van der Waals surface area (Å²) in [6.45, 7) is 34.8. The number of esters is 4. The molecule has 24 unspecified atom stereocenters. The monoisotopic (exact) mass is 1520 g/mol. The Labute approximate surface area is 652 Å². The highest BCUT2D eigenvalue weighted by Gasteiger charge is 2.63. The lowest BCUT2D eigenvalue weighted by Gasteiger charge is -2.61. The lowest BCUT2D eigenvalue weighted by Crippen LogP contribution is -2.56. The summed E-state index contributed by atoms with van der Waals surface area (Å²) in [5, 5.41) is 74.2. The predicted molar refractivity (Wildman–Crippen MR) is 424 cm³/mol. The molecule has 618 valence electrons. The zero-order chi connectivity index (χ0) is 79.3. The van der Waals surface area contributed by atoms with E-state index >= 15 is 0 Å². The molecule has 16 nitrogen and oxygen atoms in total. The van der Waals surface area contributed by atoms with Crippen molar-refractivity contribution in [3.8, 4) is 0 Å². The van der Waals surface area contributed by atoms with Gasteiger partial charge in [0, 0.05) is 0 Å². The third kappa shape index (κ3) is 18.4. The molecule has 0 radical (unpaired) electrons. The Balaban J connectivity index is 0.000000166. The smallest absolute Gasteiger partial charge is 0.312 e. The maximum Gasteiger partial charge on any atom is 0.312 e. The van der Waals surface area contributed by atoms with E-state index in [1.165, 1.54) is 109 Å². The van der Waals surface area contributed by atoms with E-state index in [2.05, 4.69) is 123 Å². The van der Waals surface area contributed by atoms with Crippen molar-refractivity contribution in [3.63, 3.8) is 0 Å². The van der Waals surface area contributed by atoms with Crippen LogP contribution in [0.4, 0.5) is 0 Å². The number of allylic oxidation sites excluding steroid dienone is 6. The summed E-state index contributed by atoms with van der Waals surface area (Å²) in [5.41, 5.74) is 5.37. The van der Waals surface area contributed by atoms with Gasteiger partial charge in [-0.15, -0.1) is 0 Å². The first kappa shape index (κ1) is 88.7. The highest BCUT2D eigenvalue weighted by molar-refractivity contribution is 5.79. The quantitative estimate of drug-likeness (QED) is 0.0320. The van der Waals surface area contributed by atoms with Crippen LogP contribution in [0.1, 0.15) is 303 Å². The molecule has 0 aromatic rings. The van der Waals surface area contributed by atoms with Crippen molar-refractivity contribution >= 4 is 23.9 Å². The van der Waals surface area contributed by atoms with Gasteiger partial charge in [0.15, 0.2) is 0 Å². The van der Waals surface area contributed by atoms with Crippen molar-refractivity contribution in [1.29, 1.82) is 0 Å². The normalized spacial score (nSPS) is 40.1. The van der Waals surface area contributed by atoms with Gasteiger partial charge in [-0.3, -0.25) is 19.2 Å². The Morgan fingerprint density at radius 2 is 0.861 bits per heavy atom. The van der Waals surface area contributed by atoms with Gasteiger partial charge in [0.1, 0.15) is 50.8 Å². The lowest BCUT2D eigenvalue weighted by molar-refractivity contribution is -0.182. The second kappa shape index (κ2) is 36.7. The van der Waals surface area contributed by atoms with Gasteiger partial charge in [0.25, 0.3) is 0 Å². The zero-order valence-electron chi connectivity index (χ0n) is 70.4. The van der Waals surface area contributed by atoms with Crippen molar-refractivity contribution < 1.29 is 79.0 Å². The molecule has 24 atom stereocenters. The third-order valence-electron chi connectivity index (χ3n) is 33.1. The lowest BCUT2D eigenvalue weighted by atomic mass is 9.43. The molecule has 12 aliphatic carbocycles. The SMILES string of the molecule is CC(C)C1=CC2CCC3C(C)(C(=O)OCC(O)CO)CCCC3(C)C2CC1.CC(C)C1CCC2=C(CCC3C(C)(C(=O)OCC(O)CO)CCCC23C)C1.CC(C)C1CCC2C(=CCC3C(C)(C(=O)OCC(O)CO)CCCC23C)C1.CC(C)C1CCC2C(CCC3C(C)(C(=O)OCC(O)CO)CCCC23C)C1. The summed E-state index contributed by atoms with van der Waals surface area (Å²) in [6.07, 6.45) is 35.3. The Hall–Kier alpha value is -3.22. The highest BCUT2D eigenvalue weighted by Crippen LogP contribution is 2.68. The van der Waals surface area contributed by atoms with E-state index < -0.39 is 46.1 Å². The van der Waals surface area contributed by atoms with Crippen LogP contribution in [0.25, 0.3) is 0 Å². The first-order valence-corrected chi connectivity index (χ1v) is 43.8. The fraction of sp³-hybridized carbons (Fsp3) is 0.891. The zero-order valence-corrected chi connectivity index (χ0v) is 70.4. The van der Waals surface area contributed by atoms with Crippen molar-refractivity contribution in [2.75, 3.05) is 52.9 Å². The van der Waals surface area contributed by atoms with Gasteiger partial charge < -0.3 is 59.8 Å². The maximum atomic E-state index is 13.0. The molecule has 12 rings (SSSR count). The van der Waals surface area contributed by atoms with Crippen LogP contribution in [0, 0.1) is 138 Å². The van der Waals surface area contributed by atoms with E-state index in [9.17, 15) is 39.6 Å². The van der Waals surface area contributed by atoms with Gasteiger partial charge in [-0.2, -0.15) is 0 Å². The van der Waals surface area contributed by atoms with E-state index in [1.54, 1.807) is 22.3 Å². The van der Waals surface area contributed by atoms with Crippen molar-refractivity contribution in [2.45, 2.75) is 328 Å². The first-order valence-electron chi connectivity index (χ1n) is 43.8. The van der Waals surface area contributed by atoms with Gasteiger partial charge >= 0.3 is 23.9 Å². The predicted octanol–water partition coefficient (Wildman–Crippen LogP) is 16.6. The largest absolute Gasteiger partial charge is 0.462 e. The number of aliphatic hydroxyl groups excluding tert-OH is 8. The number of fused-ring (bicyclic) bond motifs is 11. The Bertz CT molecular complexity index is 3060. The van der Waals surface area contributed by atoms with Crippen LogP contribution in [0.15, 0.2) is 34.4 Å². The maximum absolute atomic E-state index is 13.0. The van der Waals surface area contributed by atoms with Gasteiger partial charge in [-0.1, -0.05) is 143 Å². The summed E-state index contributed by atoms with van der Waals surface area (Å²) in [7, 11) is 0.